The molecule has 8 heteroatoms. The monoisotopic (exact) mass is 469 g/mol. The Balaban J connectivity index is 1.70. The largest absolute Gasteiger partial charge is 0.467 e. The van der Waals surface area contributed by atoms with Crippen molar-refractivity contribution in [2.75, 3.05) is 41.5 Å². The fourth-order valence-corrected chi connectivity index (χ4v) is 4.49. The lowest BCUT2D eigenvalue weighted by molar-refractivity contribution is -0.145. The van der Waals surface area contributed by atoms with Crippen molar-refractivity contribution in [1.29, 1.82) is 0 Å². The van der Waals surface area contributed by atoms with Gasteiger partial charge in [-0.1, -0.05) is 30.3 Å². The predicted octanol–water partition coefficient (Wildman–Crippen LogP) is 3.70. The van der Waals surface area contributed by atoms with Gasteiger partial charge in [0.15, 0.2) is 13.6 Å². The summed E-state index contributed by atoms with van der Waals surface area (Å²) in [5.74, 6) is 0.620. The van der Waals surface area contributed by atoms with Gasteiger partial charge in [-0.25, -0.2) is 4.79 Å². The molecule has 1 aliphatic carbocycles. The summed E-state index contributed by atoms with van der Waals surface area (Å²) >= 11 is 0. The Morgan fingerprint density at radius 2 is 1.59 bits per heavy atom. The van der Waals surface area contributed by atoms with Gasteiger partial charge < -0.3 is 28.6 Å². The number of methoxy groups -OCH3 is 3. The fourth-order valence-electron chi connectivity index (χ4n) is 4.49. The van der Waals surface area contributed by atoms with Gasteiger partial charge in [-0.15, -0.1) is 0 Å². The third kappa shape index (κ3) is 5.18. The van der Waals surface area contributed by atoms with E-state index in [1.165, 1.54) is 14.2 Å². The molecular weight excluding hydrogens is 438 g/mol. The van der Waals surface area contributed by atoms with Crippen molar-refractivity contribution in [2.45, 2.75) is 37.1 Å². The van der Waals surface area contributed by atoms with E-state index in [1.807, 2.05) is 36.4 Å². The topological polar surface area (TPSA) is 83.5 Å². The van der Waals surface area contributed by atoms with E-state index < -0.39 is 12.0 Å². The Hall–Kier alpha value is -3.10. The Labute approximate surface area is 199 Å². The van der Waals surface area contributed by atoms with Crippen LogP contribution < -0.4 is 9.47 Å². The molecule has 0 spiro atoms. The van der Waals surface area contributed by atoms with Gasteiger partial charge in [0.25, 0.3) is 5.91 Å². The minimum absolute atomic E-state index is 0.0279. The fraction of sp³-hybridized carbons (Fsp3) is 0.462. The minimum atomic E-state index is -0.674. The van der Waals surface area contributed by atoms with E-state index in [0.29, 0.717) is 35.9 Å². The molecular formula is C26H31NO7. The van der Waals surface area contributed by atoms with Gasteiger partial charge in [-0.2, -0.15) is 0 Å². The van der Waals surface area contributed by atoms with Crippen molar-refractivity contribution in [1.82, 2.24) is 4.90 Å². The SMILES string of the molecule is COCOc1cc(OCOC)c(C2CC2)cc1C(=O)N1C[C@@H](c2ccccc2)C[C@@H]1C(=O)OC. The predicted molar refractivity (Wildman–Crippen MR) is 124 cm³/mol. The highest BCUT2D eigenvalue weighted by Crippen LogP contribution is 2.47. The number of amides is 1. The van der Waals surface area contributed by atoms with Crippen molar-refractivity contribution < 1.29 is 33.3 Å². The van der Waals surface area contributed by atoms with Gasteiger partial charge in [-0.05, 0) is 42.4 Å². The van der Waals surface area contributed by atoms with Gasteiger partial charge in [-0.3, -0.25) is 4.79 Å². The number of hydrogen-bond acceptors (Lipinski definition) is 7. The van der Waals surface area contributed by atoms with Gasteiger partial charge >= 0.3 is 5.97 Å². The van der Waals surface area contributed by atoms with Crippen LogP contribution >= 0.6 is 0 Å². The number of ether oxygens (including phenoxy) is 5. The first-order valence-corrected chi connectivity index (χ1v) is 11.4. The number of carbonyl (C=O) groups excluding carboxylic acids is 2. The Morgan fingerprint density at radius 3 is 2.21 bits per heavy atom. The van der Waals surface area contributed by atoms with E-state index in [1.54, 1.807) is 18.1 Å². The molecule has 182 valence electrons. The number of hydrogen-bond donors (Lipinski definition) is 0. The number of likely N-dealkylation sites (tertiary alicyclic amines) is 1. The van der Waals surface area contributed by atoms with Crippen molar-refractivity contribution >= 4 is 11.9 Å². The van der Waals surface area contributed by atoms with Crippen LogP contribution in [0.15, 0.2) is 42.5 Å². The molecule has 0 radical (unpaired) electrons. The van der Waals surface area contributed by atoms with Crippen molar-refractivity contribution in [3.8, 4) is 11.5 Å². The Morgan fingerprint density at radius 1 is 0.912 bits per heavy atom. The summed E-state index contributed by atoms with van der Waals surface area (Å²) < 4.78 is 26.7. The summed E-state index contributed by atoms with van der Waals surface area (Å²) in [5.41, 5.74) is 2.41. The van der Waals surface area contributed by atoms with Crippen LogP contribution in [-0.4, -0.2) is 64.3 Å². The van der Waals surface area contributed by atoms with Crippen LogP contribution in [0.1, 0.15) is 52.6 Å². The van der Waals surface area contributed by atoms with Gasteiger partial charge in [0.05, 0.1) is 12.7 Å². The van der Waals surface area contributed by atoms with Gasteiger partial charge in [0.1, 0.15) is 17.5 Å². The number of esters is 1. The molecule has 4 rings (SSSR count). The molecule has 1 saturated carbocycles. The zero-order chi connectivity index (χ0) is 24.1. The minimum Gasteiger partial charge on any atom is -0.467 e. The molecule has 8 nitrogen and oxygen atoms in total. The first-order chi connectivity index (χ1) is 16.6. The van der Waals surface area contributed by atoms with E-state index in [4.69, 9.17) is 23.7 Å². The first kappa shape index (κ1) is 24.0. The lowest BCUT2D eigenvalue weighted by atomic mass is 9.96. The van der Waals surface area contributed by atoms with Crippen molar-refractivity contribution in [3.05, 3.63) is 59.2 Å². The van der Waals surface area contributed by atoms with Crippen LogP contribution in [0.4, 0.5) is 0 Å². The van der Waals surface area contributed by atoms with E-state index in [2.05, 4.69) is 0 Å². The molecule has 0 unspecified atom stereocenters. The maximum atomic E-state index is 13.9. The summed E-state index contributed by atoms with van der Waals surface area (Å²) in [7, 11) is 4.42. The lowest BCUT2D eigenvalue weighted by Gasteiger charge is -2.25. The van der Waals surface area contributed by atoms with Crippen LogP contribution in [0.2, 0.25) is 0 Å². The van der Waals surface area contributed by atoms with Crippen LogP contribution in [-0.2, 0) is 19.0 Å². The average molecular weight is 470 g/mol. The quantitative estimate of drug-likeness (QED) is 0.388. The van der Waals surface area contributed by atoms with Crippen molar-refractivity contribution in [3.63, 3.8) is 0 Å². The Bertz CT molecular complexity index is 1010. The molecule has 1 amide bonds. The molecule has 2 atom stereocenters. The second-order valence-electron chi connectivity index (χ2n) is 8.60. The number of nitrogens with zero attached hydrogens (tertiary/aromatic N) is 1. The summed E-state index contributed by atoms with van der Waals surface area (Å²) in [6.45, 7) is 0.471. The molecule has 0 bridgehead atoms. The zero-order valence-electron chi connectivity index (χ0n) is 19.8. The molecule has 2 fully saturated rings. The molecule has 0 aromatic heterocycles. The maximum absolute atomic E-state index is 13.9. The first-order valence-electron chi connectivity index (χ1n) is 11.4. The molecule has 2 aromatic rings. The lowest BCUT2D eigenvalue weighted by Crippen LogP contribution is -2.41. The highest BCUT2D eigenvalue weighted by Gasteiger charge is 2.42. The average Bonchev–Trinajstić information content (AvgIpc) is 3.62. The highest BCUT2D eigenvalue weighted by atomic mass is 16.7. The molecule has 1 heterocycles. The molecule has 1 aliphatic heterocycles. The maximum Gasteiger partial charge on any atom is 0.328 e. The summed E-state index contributed by atoms with van der Waals surface area (Å²) in [6, 6.07) is 12.8. The molecule has 2 aliphatic rings. The number of rotatable bonds is 10. The standard InChI is InChI=1S/C26H31NO7/c1-30-15-33-23-13-24(34-16-31-2)21(12-20(23)18-9-10-18)25(28)27-14-19(11-22(27)26(29)32-3)17-7-5-4-6-8-17/h4-8,12-13,18-19,22H,9-11,14-16H2,1-3H3/t19-,22+/m0/s1. The van der Waals surface area contributed by atoms with Crippen LogP contribution in [0.3, 0.4) is 0 Å². The van der Waals surface area contributed by atoms with E-state index >= 15 is 0 Å². The van der Waals surface area contributed by atoms with E-state index in [0.717, 1.165) is 24.0 Å². The van der Waals surface area contributed by atoms with Crippen LogP contribution in [0.5, 0.6) is 11.5 Å². The van der Waals surface area contributed by atoms with E-state index in [-0.39, 0.29) is 25.4 Å². The molecule has 1 saturated heterocycles. The van der Waals surface area contributed by atoms with Crippen LogP contribution in [0.25, 0.3) is 0 Å². The second kappa shape index (κ2) is 10.9. The third-order valence-electron chi connectivity index (χ3n) is 6.33. The zero-order valence-corrected chi connectivity index (χ0v) is 19.8. The van der Waals surface area contributed by atoms with Crippen LogP contribution in [0, 0.1) is 0 Å². The molecule has 2 aromatic carbocycles. The smallest absolute Gasteiger partial charge is 0.328 e. The summed E-state index contributed by atoms with van der Waals surface area (Å²) in [5, 5.41) is 0. The Kier molecular flexibility index (Phi) is 7.70. The van der Waals surface area contributed by atoms with Crippen molar-refractivity contribution in [2.24, 2.45) is 0 Å². The van der Waals surface area contributed by atoms with Gasteiger partial charge in [0.2, 0.25) is 0 Å². The molecule has 0 N–H and O–H groups in total. The van der Waals surface area contributed by atoms with Gasteiger partial charge in [0, 0.05) is 32.7 Å². The number of carbonyl (C=O) groups is 2. The molecule has 34 heavy (non-hydrogen) atoms. The summed E-state index contributed by atoms with van der Waals surface area (Å²) in [6.07, 6.45) is 2.56. The third-order valence-corrected chi connectivity index (χ3v) is 6.33. The number of benzene rings is 2. The normalized spacial score (nSPS) is 19.7. The van der Waals surface area contributed by atoms with E-state index in [9.17, 15) is 9.59 Å². The second-order valence-corrected chi connectivity index (χ2v) is 8.60. The summed E-state index contributed by atoms with van der Waals surface area (Å²) in [4.78, 5) is 28.1. The highest BCUT2D eigenvalue weighted by molar-refractivity contribution is 6.00.